The molecule has 0 bridgehead atoms. The number of thioether (sulfide) groups is 1. The van der Waals surface area contributed by atoms with Gasteiger partial charge in [0.25, 0.3) is 5.91 Å². The van der Waals surface area contributed by atoms with Gasteiger partial charge in [0.05, 0.1) is 23.6 Å². The number of amides is 1. The van der Waals surface area contributed by atoms with Crippen LogP contribution < -0.4 is 4.74 Å². The summed E-state index contributed by atoms with van der Waals surface area (Å²) in [6.07, 6.45) is 1.70. The number of methoxy groups -OCH3 is 1. The summed E-state index contributed by atoms with van der Waals surface area (Å²) in [6, 6.07) is 16.3. The summed E-state index contributed by atoms with van der Waals surface area (Å²) in [5.41, 5.74) is 1.69. The average molecular weight is 476 g/mol. The Balaban J connectivity index is 1.52. The Morgan fingerprint density at radius 2 is 1.90 bits per heavy atom. The van der Waals surface area contributed by atoms with E-state index >= 15 is 0 Å². The average Bonchev–Trinajstić information content (AvgIpc) is 3.29. The van der Waals surface area contributed by atoms with Gasteiger partial charge < -0.3 is 9.15 Å². The van der Waals surface area contributed by atoms with Crippen molar-refractivity contribution in [3.63, 3.8) is 0 Å². The molecule has 0 N–H and O–H groups in total. The first-order valence-electron chi connectivity index (χ1n) is 8.88. The largest absolute Gasteiger partial charge is 0.497 e. The van der Waals surface area contributed by atoms with Crippen LogP contribution in [-0.4, -0.2) is 22.2 Å². The van der Waals surface area contributed by atoms with E-state index in [0.29, 0.717) is 37.3 Å². The highest BCUT2D eigenvalue weighted by atomic mass is 35.5. The monoisotopic (exact) mass is 475 g/mol. The van der Waals surface area contributed by atoms with Gasteiger partial charge in [-0.3, -0.25) is 9.69 Å². The highest BCUT2D eigenvalue weighted by molar-refractivity contribution is 8.26. The van der Waals surface area contributed by atoms with Crippen LogP contribution >= 0.6 is 47.2 Å². The summed E-state index contributed by atoms with van der Waals surface area (Å²) >= 11 is 18.9. The van der Waals surface area contributed by atoms with Crippen molar-refractivity contribution in [2.75, 3.05) is 7.11 Å². The molecule has 0 radical (unpaired) electrons. The molecule has 0 aliphatic carbocycles. The van der Waals surface area contributed by atoms with Crippen molar-refractivity contribution in [1.29, 1.82) is 0 Å². The van der Waals surface area contributed by atoms with Crippen LogP contribution in [0.1, 0.15) is 11.3 Å². The standard InChI is InChI=1S/C22H15Cl2NO3S2/c1-27-15-5-2-13(3-6-15)12-25-21(26)20(30-22(25)29)11-16-7-9-19(28-16)17-8-4-14(23)10-18(17)24/h2-11H,12H2,1H3. The van der Waals surface area contributed by atoms with Crippen LogP contribution in [0.5, 0.6) is 5.75 Å². The van der Waals surface area contributed by atoms with Crippen molar-refractivity contribution in [2.24, 2.45) is 0 Å². The third-order valence-electron chi connectivity index (χ3n) is 4.47. The minimum Gasteiger partial charge on any atom is -0.497 e. The summed E-state index contributed by atoms with van der Waals surface area (Å²) in [5, 5.41) is 1.05. The normalized spacial score (nSPS) is 15.3. The molecule has 2 heterocycles. The van der Waals surface area contributed by atoms with E-state index in [1.165, 1.54) is 11.8 Å². The number of carbonyl (C=O) groups is 1. The van der Waals surface area contributed by atoms with Gasteiger partial charge in [-0.15, -0.1) is 0 Å². The van der Waals surface area contributed by atoms with E-state index in [-0.39, 0.29) is 5.91 Å². The maximum Gasteiger partial charge on any atom is 0.266 e. The van der Waals surface area contributed by atoms with E-state index in [2.05, 4.69) is 0 Å². The number of hydrogen-bond acceptors (Lipinski definition) is 5. The molecule has 4 nitrogen and oxygen atoms in total. The molecule has 8 heteroatoms. The van der Waals surface area contributed by atoms with Crippen molar-refractivity contribution in [2.45, 2.75) is 6.54 Å². The lowest BCUT2D eigenvalue weighted by Gasteiger charge is -2.14. The zero-order chi connectivity index (χ0) is 21.3. The van der Waals surface area contributed by atoms with E-state index < -0.39 is 0 Å². The van der Waals surface area contributed by atoms with Gasteiger partial charge >= 0.3 is 0 Å². The van der Waals surface area contributed by atoms with E-state index in [1.807, 2.05) is 24.3 Å². The number of benzene rings is 2. The van der Waals surface area contributed by atoms with Crippen LogP contribution in [0.4, 0.5) is 0 Å². The van der Waals surface area contributed by atoms with Crippen LogP contribution in [-0.2, 0) is 11.3 Å². The molecule has 0 saturated carbocycles. The molecule has 1 aliphatic heterocycles. The maximum absolute atomic E-state index is 12.9. The zero-order valence-corrected chi connectivity index (χ0v) is 18.9. The molecule has 0 spiro atoms. The third-order valence-corrected chi connectivity index (χ3v) is 6.40. The van der Waals surface area contributed by atoms with Gasteiger partial charge in [-0.25, -0.2) is 0 Å². The summed E-state index contributed by atoms with van der Waals surface area (Å²) in [5.74, 6) is 1.75. The van der Waals surface area contributed by atoms with Gasteiger partial charge in [-0.05, 0) is 48.0 Å². The van der Waals surface area contributed by atoms with Gasteiger partial charge in [0.15, 0.2) is 0 Å². The smallest absolute Gasteiger partial charge is 0.266 e. The molecule has 4 rings (SSSR count). The Kier molecular flexibility index (Phi) is 6.20. The van der Waals surface area contributed by atoms with Crippen molar-refractivity contribution in [3.05, 3.63) is 80.9 Å². The van der Waals surface area contributed by atoms with Crippen LogP contribution in [0.2, 0.25) is 10.0 Å². The molecule has 0 unspecified atom stereocenters. The molecule has 1 saturated heterocycles. The number of carbonyl (C=O) groups excluding carboxylic acids is 1. The third kappa shape index (κ3) is 4.42. The van der Waals surface area contributed by atoms with E-state index in [0.717, 1.165) is 16.9 Å². The SMILES string of the molecule is COc1ccc(CN2C(=O)C(=Cc3ccc(-c4ccc(Cl)cc4Cl)o3)SC2=S)cc1. The Bertz CT molecular complexity index is 1160. The minimum absolute atomic E-state index is 0.150. The fourth-order valence-electron chi connectivity index (χ4n) is 2.94. The number of hydrogen-bond donors (Lipinski definition) is 0. The van der Waals surface area contributed by atoms with Gasteiger partial charge in [-0.2, -0.15) is 0 Å². The van der Waals surface area contributed by atoms with Crippen molar-refractivity contribution >= 4 is 63.5 Å². The zero-order valence-electron chi connectivity index (χ0n) is 15.7. The maximum atomic E-state index is 12.9. The molecule has 0 atom stereocenters. The summed E-state index contributed by atoms with van der Waals surface area (Å²) in [4.78, 5) is 15.0. The second-order valence-electron chi connectivity index (χ2n) is 6.44. The molecule has 1 fully saturated rings. The lowest BCUT2D eigenvalue weighted by molar-refractivity contribution is -0.122. The van der Waals surface area contributed by atoms with Crippen LogP contribution in [0.25, 0.3) is 17.4 Å². The Hall–Kier alpha value is -2.25. The predicted molar refractivity (Wildman–Crippen MR) is 126 cm³/mol. The van der Waals surface area contributed by atoms with Crippen LogP contribution in [0.15, 0.2) is 63.9 Å². The fourth-order valence-corrected chi connectivity index (χ4v) is 4.68. The summed E-state index contributed by atoms with van der Waals surface area (Å²) in [7, 11) is 1.61. The first-order valence-corrected chi connectivity index (χ1v) is 10.9. The van der Waals surface area contributed by atoms with Crippen LogP contribution in [0, 0.1) is 0 Å². The van der Waals surface area contributed by atoms with Gasteiger partial charge in [0.2, 0.25) is 0 Å². The molecular weight excluding hydrogens is 461 g/mol. The van der Waals surface area contributed by atoms with Gasteiger partial charge in [0, 0.05) is 16.7 Å². The van der Waals surface area contributed by atoms with E-state index in [9.17, 15) is 4.79 Å². The highest BCUT2D eigenvalue weighted by Crippen LogP contribution is 2.36. The molecule has 1 aliphatic rings. The molecule has 3 aromatic rings. The molecule has 1 amide bonds. The summed E-state index contributed by atoms with van der Waals surface area (Å²) < 4.78 is 11.5. The number of halogens is 2. The number of nitrogens with zero attached hydrogens (tertiary/aromatic N) is 1. The highest BCUT2D eigenvalue weighted by Gasteiger charge is 2.32. The first kappa shape index (κ1) is 21.0. The molecule has 1 aromatic heterocycles. The second kappa shape index (κ2) is 8.86. The molecule has 2 aromatic carbocycles. The van der Waals surface area contributed by atoms with Crippen LogP contribution in [0.3, 0.4) is 0 Å². The number of thiocarbonyl (C=S) groups is 1. The lowest BCUT2D eigenvalue weighted by atomic mass is 10.2. The Morgan fingerprint density at radius 3 is 2.60 bits per heavy atom. The molecular formula is C22H15Cl2NO3S2. The second-order valence-corrected chi connectivity index (χ2v) is 8.96. The summed E-state index contributed by atoms with van der Waals surface area (Å²) in [6.45, 7) is 0.399. The quantitative estimate of drug-likeness (QED) is 0.304. The molecule has 152 valence electrons. The minimum atomic E-state index is -0.150. The number of ether oxygens (including phenoxy) is 1. The fraction of sp³-hybridized carbons (Fsp3) is 0.0909. The van der Waals surface area contributed by atoms with Gasteiger partial charge in [-0.1, -0.05) is 59.3 Å². The number of furan rings is 1. The number of rotatable bonds is 5. The van der Waals surface area contributed by atoms with Crippen molar-refractivity contribution in [3.8, 4) is 17.1 Å². The molecule has 30 heavy (non-hydrogen) atoms. The predicted octanol–water partition coefficient (Wildman–Crippen LogP) is 6.66. The Labute approximate surface area is 193 Å². The topological polar surface area (TPSA) is 42.7 Å². The van der Waals surface area contributed by atoms with Crippen molar-refractivity contribution in [1.82, 2.24) is 4.90 Å². The van der Waals surface area contributed by atoms with E-state index in [4.69, 9.17) is 44.6 Å². The van der Waals surface area contributed by atoms with Gasteiger partial charge in [0.1, 0.15) is 21.6 Å². The van der Waals surface area contributed by atoms with Crippen molar-refractivity contribution < 1.29 is 13.9 Å². The first-order chi connectivity index (χ1) is 14.4. The Morgan fingerprint density at radius 1 is 1.13 bits per heavy atom. The lowest BCUT2D eigenvalue weighted by Crippen LogP contribution is -2.27. The van der Waals surface area contributed by atoms with E-state index in [1.54, 1.807) is 48.4 Å².